The van der Waals surface area contributed by atoms with Gasteiger partial charge in [0.2, 0.25) is 5.91 Å². The van der Waals surface area contributed by atoms with Crippen LogP contribution in [0.4, 0.5) is 0 Å². The monoisotopic (exact) mass is 299 g/mol. The Labute approximate surface area is 123 Å². The molecule has 0 unspecified atom stereocenters. The second-order valence-corrected chi connectivity index (χ2v) is 5.57. The first-order valence-corrected chi connectivity index (χ1v) is 7.06. The van der Waals surface area contributed by atoms with E-state index >= 15 is 0 Å². The third-order valence-electron chi connectivity index (χ3n) is 3.32. The Balaban J connectivity index is 2.04. The predicted octanol–water partition coefficient (Wildman–Crippen LogP) is 1.36. The lowest BCUT2D eigenvalue weighted by molar-refractivity contribution is -0.883. The minimum atomic E-state index is 0.0171. The van der Waals surface area contributed by atoms with Crippen molar-refractivity contribution in [2.24, 2.45) is 0 Å². The minimum Gasteiger partial charge on any atom is -0.334 e. The number of hydrogen-bond donors (Lipinski definition) is 1. The number of amides is 1. The molecule has 1 aliphatic rings. The first-order valence-electron chi connectivity index (χ1n) is 6.30. The lowest BCUT2D eigenvalue weighted by Gasteiger charge is -2.29. The summed E-state index contributed by atoms with van der Waals surface area (Å²) in [5.74, 6) is 0.0171. The van der Waals surface area contributed by atoms with Crippen LogP contribution in [0.2, 0.25) is 10.0 Å². The van der Waals surface area contributed by atoms with Crippen molar-refractivity contribution < 1.29 is 9.69 Å². The number of likely N-dealkylation sites (N-methyl/N-ethyl adjacent to an activating group) is 1. The molecular formula is C14H17Cl2N2O+. The summed E-state index contributed by atoms with van der Waals surface area (Å²) in [5.41, 5.74) is 0.693. The van der Waals surface area contributed by atoms with Crippen LogP contribution in [0.5, 0.6) is 0 Å². The molecule has 3 nitrogen and oxygen atoms in total. The topological polar surface area (TPSA) is 24.8 Å². The SMILES string of the molecule is C[NH+]1CCN(C(=O)/C=C/c2c(Cl)cccc2Cl)CC1. The molecule has 0 aromatic heterocycles. The van der Waals surface area contributed by atoms with E-state index < -0.39 is 0 Å². The Morgan fingerprint density at radius 3 is 2.42 bits per heavy atom. The Bertz CT molecular complexity index is 474. The Morgan fingerprint density at radius 1 is 1.26 bits per heavy atom. The third-order valence-corrected chi connectivity index (χ3v) is 3.98. The molecule has 1 aromatic rings. The summed E-state index contributed by atoms with van der Waals surface area (Å²) in [4.78, 5) is 15.4. The smallest absolute Gasteiger partial charge is 0.246 e. The van der Waals surface area contributed by atoms with Crippen LogP contribution in [0.15, 0.2) is 24.3 Å². The normalized spacial score (nSPS) is 17.1. The molecule has 102 valence electrons. The second kappa shape index (κ2) is 6.42. The summed E-state index contributed by atoms with van der Waals surface area (Å²) in [6, 6.07) is 5.31. The molecular weight excluding hydrogens is 283 g/mol. The van der Waals surface area contributed by atoms with Gasteiger partial charge in [-0.2, -0.15) is 0 Å². The summed E-state index contributed by atoms with van der Waals surface area (Å²) >= 11 is 12.1. The van der Waals surface area contributed by atoms with Crippen LogP contribution >= 0.6 is 23.2 Å². The lowest BCUT2D eigenvalue weighted by Crippen LogP contribution is -3.12. The van der Waals surface area contributed by atoms with Crippen molar-refractivity contribution in [3.8, 4) is 0 Å². The molecule has 1 saturated heterocycles. The highest BCUT2D eigenvalue weighted by Gasteiger charge is 2.19. The largest absolute Gasteiger partial charge is 0.334 e. The molecule has 1 fully saturated rings. The van der Waals surface area contributed by atoms with Crippen LogP contribution in [0.3, 0.4) is 0 Å². The van der Waals surface area contributed by atoms with Crippen molar-refractivity contribution in [3.05, 3.63) is 39.9 Å². The van der Waals surface area contributed by atoms with Gasteiger partial charge in [0, 0.05) is 21.7 Å². The maximum absolute atomic E-state index is 12.0. The van der Waals surface area contributed by atoms with Crippen LogP contribution in [0.25, 0.3) is 6.08 Å². The lowest BCUT2D eigenvalue weighted by atomic mass is 10.2. The van der Waals surface area contributed by atoms with E-state index in [4.69, 9.17) is 23.2 Å². The fourth-order valence-corrected chi connectivity index (χ4v) is 2.56. The van der Waals surface area contributed by atoms with Crippen molar-refractivity contribution in [1.82, 2.24) is 4.90 Å². The molecule has 2 rings (SSSR count). The van der Waals surface area contributed by atoms with E-state index in [0.29, 0.717) is 15.6 Å². The van der Waals surface area contributed by atoms with E-state index in [9.17, 15) is 4.79 Å². The summed E-state index contributed by atoms with van der Waals surface area (Å²) < 4.78 is 0. The maximum atomic E-state index is 12.0. The van der Waals surface area contributed by atoms with Gasteiger partial charge in [0.25, 0.3) is 0 Å². The number of rotatable bonds is 2. The van der Waals surface area contributed by atoms with Crippen molar-refractivity contribution in [1.29, 1.82) is 0 Å². The molecule has 0 radical (unpaired) electrons. The zero-order valence-corrected chi connectivity index (χ0v) is 12.3. The van der Waals surface area contributed by atoms with Crippen LogP contribution < -0.4 is 4.90 Å². The molecule has 1 aliphatic heterocycles. The van der Waals surface area contributed by atoms with Gasteiger partial charge in [-0.3, -0.25) is 4.79 Å². The fraction of sp³-hybridized carbons (Fsp3) is 0.357. The summed E-state index contributed by atoms with van der Waals surface area (Å²) in [5, 5.41) is 1.11. The average Bonchev–Trinajstić information content (AvgIpc) is 2.38. The number of piperazine rings is 1. The molecule has 1 amide bonds. The molecule has 1 heterocycles. The van der Waals surface area contributed by atoms with Gasteiger partial charge in [-0.05, 0) is 18.2 Å². The summed E-state index contributed by atoms with van der Waals surface area (Å²) in [6.45, 7) is 3.58. The highest BCUT2D eigenvalue weighted by Crippen LogP contribution is 2.25. The number of hydrogen-bond acceptors (Lipinski definition) is 1. The number of quaternary nitrogens is 1. The molecule has 5 heteroatoms. The molecule has 1 N–H and O–H groups in total. The molecule has 0 spiro atoms. The van der Waals surface area contributed by atoms with Gasteiger partial charge in [-0.25, -0.2) is 0 Å². The third kappa shape index (κ3) is 3.72. The fourth-order valence-electron chi connectivity index (χ4n) is 2.04. The van der Waals surface area contributed by atoms with E-state index in [1.807, 2.05) is 4.90 Å². The van der Waals surface area contributed by atoms with Crippen molar-refractivity contribution in [2.45, 2.75) is 0 Å². The zero-order valence-electron chi connectivity index (χ0n) is 10.8. The highest BCUT2D eigenvalue weighted by atomic mass is 35.5. The number of benzene rings is 1. The van der Waals surface area contributed by atoms with Crippen molar-refractivity contribution >= 4 is 35.2 Å². The summed E-state index contributed by atoms with van der Waals surface area (Å²) in [7, 11) is 2.14. The Kier molecular flexibility index (Phi) is 4.86. The maximum Gasteiger partial charge on any atom is 0.246 e. The van der Waals surface area contributed by atoms with E-state index in [0.717, 1.165) is 26.2 Å². The molecule has 0 atom stereocenters. The second-order valence-electron chi connectivity index (χ2n) is 4.75. The highest BCUT2D eigenvalue weighted by molar-refractivity contribution is 6.37. The molecule has 0 bridgehead atoms. The van der Waals surface area contributed by atoms with E-state index in [1.54, 1.807) is 30.4 Å². The number of carbonyl (C=O) groups is 1. The number of halogens is 2. The van der Waals surface area contributed by atoms with Gasteiger partial charge in [-0.15, -0.1) is 0 Å². The van der Waals surface area contributed by atoms with Gasteiger partial charge < -0.3 is 9.80 Å². The number of nitrogens with one attached hydrogen (secondary N) is 1. The Morgan fingerprint density at radius 2 is 1.84 bits per heavy atom. The molecule has 19 heavy (non-hydrogen) atoms. The van der Waals surface area contributed by atoms with Crippen molar-refractivity contribution in [2.75, 3.05) is 33.2 Å². The standard InChI is InChI=1S/C14H16Cl2N2O/c1-17-7-9-18(10-8-17)14(19)6-5-11-12(15)3-2-4-13(11)16/h2-6H,7-10H2,1H3/p+1/b6-5+. The minimum absolute atomic E-state index is 0.0171. The predicted molar refractivity (Wildman–Crippen MR) is 78.7 cm³/mol. The van der Waals surface area contributed by atoms with Gasteiger partial charge >= 0.3 is 0 Å². The molecule has 0 saturated carbocycles. The zero-order chi connectivity index (χ0) is 13.8. The molecule has 1 aromatic carbocycles. The molecule has 0 aliphatic carbocycles. The van der Waals surface area contributed by atoms with Gasteiger partial charge in [0.05, 0.1) is 33.2 Å². The number of nitrogens with zero attached hydrogens (tertiary/aromatic N) is 1. The first kappa shape index (κ1) is 14.4. The van der Waals surface area contributed by atoms with Crippen molar-refractivity contribution in [3.63, 3.8) is 0 Å². The Hall–Kier alpha value is -1.03. The quantitative estimate of drug-likeness (QED) is 0.820. The van der Waals surface area contributed by atoms with Gasteiger partial charge in [-0.1, -0.05) is 29.3 Å². The van der Waals surface area contributed by atoms with E-state index in [-0.39, 0.29) is 5.91 Å². The van der Waals surface area contributed by atoms with Gasteiger partial charge in [0.1, 0.15) is 0 Å². The van der Waals surface area contributed by atoms with E-state index in [2.05, 4.69) is 7.05 Å². The van der Waals surface area contributed by atoms with Crippen LogP contribution in [0, 0.1) is 0 Å². The first-order chi connectivity index (χ1) is 9.08. The van der Waals surface area contributed by atoms with Crippen LogP contribution in [-0.4, -0.2) is 44.0 Å². The van der Waals surface area contributed by atoms with Crippen LogP contribution in [-0.2, 0) is 4.79 Å². The number of carbonyl (C=O) groups excluding carboxylic acids is 1. The average molecular weight is 300 g/mol. The van der Waals surface area contributed by atoms with Gasteiger partial charge in [0.15, 0.2) is 0 Å². The van der Waals surface area contributed by atoms with E-state index in [1.165, 1.54) is 4.90 Å². The summed E-state index contributed by atoms with van der Waals surface area (Å²) in [6.07, 6.45) is 3.24. The van der Waals surface area contributed by atoms with Crippen LogP contribution in [0.1, 0.15) is 5.56 Å².